The second-order valence-corrected chi connectivity index (χ2v) is 9.59. The van der Waals surface area contributed by atoms with Gasteiger partial charge in [0.15, 0.2) is 0 Å². The summed E-state index contributed by atoms with van der Waals surface area (Å²) < 4.78 is 1.95. The molecule has 24 heavy (non-hydrogen) atoms. The molecule has 4 rings (SSSR count). The first kappa shape index (κ1) is 16.5. The minimum Gasteiger partial charge on any atom is -0.348 e. The van der Waals surface area contributed by atoms with Gasteiger partial charge in [-0.1, -0.05) is 23.4 Å². The zero-order valence-corrected chi connectivity index (χ0v) is 15.6. The lowest BCUT2D eigenvalue weighted by Crippen LogP contribution is -2.47. The third-order valence-corrected chi connectivity index (χ3v) is 7.06. The monoisotopic (exact) mass is 378 g/mol. The fourth-order valence-electron chi connectivity index (χ4n) is 3.58. The van der Waals surface area contributed by atoms with Crippen molar-refractivity contribution < 1.29 is 4.79 Å². The van der Waals surface area contributed by atoms with Crippen LogP contribution in [0.4, 0.5) is 0 Å². The summed E-state index contributed by atoms with van der Waals surface area (Å²) in [5.41, 5.74) is 0.733. The highest BCUT2D eigenvalue weighted by Gasteiger charge is 2.32. The van der Waals surface area contributed by atoms with Gasteiger partial charge in [0.05, 0.1) is 8.55 Å². The van der Waals surface area contributed by atoms with Crippen LogP contribution in [0, 0.1) is 5.92 Å². The van der Waals surface area contributed by atoms with E-state index >= 15 is 0 Å². The Morgan fingerprint density at radius 2 is 2.04 bits per heavy atom. The minimum atomic E-state index is 0.0400. The summed E-state index contributed by atoms with van der Waals surface area (Å²) in [6, 6.07) is 12.0. The van der Waals surface area contributed by atoms with Crippen LogP contribution < -0.4 is 5.32 Å². The molecule has 3 unspecified atom stereocenters. The predicted octanol–water partition coefficient (Wildman–Crippen LogP) is 4.38. The van der Waals surface area contributed by atoms with Crippen molar-refractivity contribution >= 4 is 40.6 Å². The van der Waals surface area contributed by atoms with E-state index in [0.29, 0.717) is 6.04 Å². The van der Waals surface area contributed by atoms with Crippen molar-refractivity contribution in [3.05, 3.63) is 46.3 Å². The summed E-state index contributed by atoms with van der Waals surface area (Å²) >= 11 is 9.20. The maximum Gasteiger partial charge on any atom is 0.251 e. The van der Waals surface area contributed by atoms with E-state index < -0.39 is 0 Å². The van der Waals surface area contributed by atoms with E-state index in [0.717, 1.165) is 37.9 Å². The van der Waals surface area contributed by atoms with Crippen molar-refractivity contribution in [2.24, 2.45) is 5.92 Å². The molecule has 1 amide bonds. The van der Waals surface area contributed by atoms with Crippen molar-refractivity contribution in [2.45, 2.75) is 28.0 Å². The van der Waals surface area contributed by atoms with Gasteiger partial charge in [0.2, 0.25) is 0 Å². The van der Waals surface area contributed by atoms with Crippen molar-refractivity contribution in [3.63, 3.8) is 0 Å². The van der Waals surface area contributed by atoms with Crippen molar-refractivity contribution in [3.8, 4) is 0 Å². The molecule has 2 aliphatic heterocycles. The molecule has 2 aliphatic rings. The first-order chi connectivity index (χ1) is 11.7. The van der Waals surface area contributed by atoms with Crippen LogP contribution in [-0.4, -0.2) is 36.5 Å². The van der Waals surface area contributed by atoms with E-state index in [-0.39, 0.29) is 5.91 Å². The van der Waals surface area contributed by atoms with Crippen LogP contribution in [0.25, 0.3) is 0 Å². The molecule has 0 saturated carbocycles. The smallest absolute Gasteiger partial charge is 0.251 e. The van der Waals surface area contributed by atoms with E-state index in [4.69, 9.17) is 11.6 Å². The van der Waals surface area contributed by atoms with E-state index in [1.165, 1.54) is 19.5 Å². The first-order valence-corrected chi connectivity index (χ1v) is 10.2. The minimum absolute atomic E-state index is 0.0400. The number of rotatable bonds is 4. The Balaban J connectivity index is 1.36. The third-order valence-electron chi connectivity index (χ3n) is 4.69. The molecule has 3 atom stereocenters. The summed E-state index contributed by atoms with van der Waals surface area (Å²) in [4.78, 5) is 16.0. The van der Waals surface area contributed by atoms with Crippen molar-refractivity contribution in [1.29, 1.82) is 0 Å². The van der Waals surface area contributed by atoms with Crippen molar-refractivity contribution in [1.82, 2.24) is 10.2 Å². The van der Waals surface area contributed by atoms with Gasteiger partial charge in [-0.15, -0.1) is 11.3 Å². The standard InChI is InChI=1S/C18H19ClN2OS2/c19-16-5-6-17(24-16)23-15-3-1-13(2-4-15)18(22)20-14-9-12-7-8-21(10-12)11-14/h1-6,12,14H,7-11H2,(H,20,22). The molecule has 6 heteroatoms. The average molecular weight is 379 g/mol. The third kappa shape index (κ3) is 3.80. The van der Waals surface area contributed by atoms with Gasteiger partial charge in [-0.05, 0) is 61.7 Å². The average Bonchev–Trinajstić information content (AvgIpc) is 3.13. The Bertz CT molecular complexity index is 719. The molecule has 2 fully saturated rings. The molecule has 1 aromatic heterocycles. The quantitative estimate of drug-likeness (QED) is 0.857. The molecule has 3 nitrogen and oxygen atoms in total. The Kier molecular flexibility index (Phi) is 4.86. The number of nitrogens with zero attached hydrogens (tertiary/aromatic N) is 1. The summed E-state index contributed by atoms with van der Waals surface area (Å²) in [5, 5.41) is 3.21. The fourth-order valence-corrected chi connectivity index (χ4v) is 5.86. The largest absolute Gasteiger partial charge is 0.348 e. The van der Waals surface area contributed by atoms with E-state index in [2.05, 4.69) is 10.2 Å². The number of amides is 1. The molecule has 0 spiro atoms. The summed E-state index contributed by atoms with van der Waals surface area (Å²) in [5.74, 6) is 0.804. The number of hydrogen-bond donors (Lipinski definition) is 1. The number of benzene rings is 1. The highest BCUT2D eigenvalue weighted by atomic mass is 35.5. The molecule has 0 aliphatic carbocycles. The van der Waals surface area contributed by atoms with Crippen LogP contribution in [0.2, 0.25) is 4.34 Å². The van der Waals surface area contributed by atoms with E-state index in [9.17, 15) is 4.79 Å². The zero-order chi connectivity index (χ0) is 16.5. The van der Waals surface area contributed by atoms with Gasteiger partial charge in [0, 0.05) is 29.6 Å². The van der Waals surface area contributed by atoms with Gasteiger partial charge in [-0.3, -0.25) is 4.79 Å². The number of carbonyl (C=O) groups excluding carboxylic acids is 1. The number of carbonyl (C=O) groups is 1. The maximum absolute atomic E-state index is 12.5. The van der Waals surface area contributed by atoms with Gasteiger partial charge < -0.3 is 10.2 Å². The molecular weight excluding hydrogens is 360 g/mol. The SMILES string of the molecule is O=C(NC1CC2CCN(C2)C1)c1ccc(Sc2ccc(Cl)s2)cc1. The van der Waals surface area contributed by atoms with Gasteiger partial charge in [0.1, 0.15) is 0 Å². The van der Waals surface area contributed by atoms with Crippen LogP contribution in [0.3, 0.4) is 0 Å². The zero-order valence-electron chi connectivity index (χ0n) is 13.2. The highest BCUT2D eigenvalue weighted by molar-refractivity contribution is 8.01. The van der Waals surface area contributed by atoms with Gasteiger partial charge >= 0.3 is 0 Å². The predicted molar refractivity (Wildman–Crippen MR) is 100 cm³/mol. The summed E-state index contributed by atoms with van der Waals surface area (Å²) in [6.45, 7) is 3.40. The number of fused-ring (bicyclic) bond motifs is 2. The van der Waals surface area contributed by atoms with Crippen LogP contribution in [0.5, 0.6) is 0 Å². The molecule has 0 radical (unpaired) electrons. The van der Waals surface area contributed by atoms with Crippen LogP contribution in [0.15, 0.2) is 45.5 Å². The molecule has 2 aromatic rings. The number of thiophene rings is 1. The van der Waals surface area contributed by atoms with E-state index in [1.807, 2.05) is 36.4 Å². The number of hydrogen-bond acceptors (Lipinski definition) is 4. The number of halogens is 1. The van der Waals surface area contributed by atoms with E-state index in [1.54, 1.807) is 23.1 Å². The Morgan fingerprint density at radius 3 is 2.75 bits per heavy atom. The summed E-state index contributed by atoms with van der Waals surface area (Å²) in [7, 11) is 0. The van der Waals surface area contributed by atoms with Crippen molar-refractivity contribution in [2.75, 3.05) is 19.6 Å². The molecular formula is C18H19ClN2OS2. The van der Waals surface area contributed by atoms with Gasteiger partial charge in [0.25, 0.3) is 5.91 Å². The normalized spacial score (nSPS) is 25.6. The van der Waals surface area contributed by atoms with Crippen LogP contribution in [-0.2, 0) is 0 Å². The maximum atomic E-state index is 12.5. The second kappa shape index (κ2) is 7.08. The van der Waals surface area contributed by atoms with Gasteiger partial charge in [-0.25, -0.2) is 0 Å². The lowest BCUT2D eigenvalue weighted by molar-refractivity contribution is 0.0909. The lowest BCUT2D eigenvalue weighted by atomic mass is 9.96. The molecule has 2 saturated heterocycles. The highest BCUT2D eigenvalue weighted by Crippen LogP contribution is 2.35. The Labute approximate surface area is 155 Å². The number of piperidine rings is 1. The molecule has 3 heterocycles. The van der Waals surface area contributed by atoms with Gasteiger partial charge in [-0.2, -0.15) is 0 Å². The van der Waals surface area contributed by atoms with Crippen LogP contribution in [0.1, 0.15) is 23.2 Å². The number of nitrogens with one attached hydrogen (secondary N) is 1. The second-order valence-electron chi connectivity index (χ2n) is 6.51. The first-order valence-electron chi connectivity index (χ1n) is 8.22. The Morgan fingerprint density at radius 1 is 1.21 bits per heavy atom. The topological polar surface area (TPSA) is 32.3 Å². The molecule has 1 N–H and O–H groups in total. The fraction of sp³-hybridized carbons (Fsp3) is 0.389. The molecule has 126 valence electrons. The summed E-state index contributed by atoms with van der Waals surface area (Å²) in [6.07, 6.45) is 2.40. The molecule has 1 aromatic carbocycles. The van der Waals surface area contributed by atoms with Crippen LogP contribution >= 0.6 is 34.7 Å². The molecule has 2 bridgehead atoms. The lowest BCUT2D eigenvalue weighted by Gasteiger charge is -2.30. The Hall–Kier alpha value is -1.01.